The number of thiophene rings is 1. The molecule has 2 rings (SSSR count). The van der Waals surface area contributed by atoms with E-state index in [1.165, 1.54) is 4.88 Å². The van der Waals surface area contributed by atoms with Gasteiger partial charge in [-0.25, -0.2) is 0 Å². The van der Waals surface area contributed by atoms with Gasteiger partial charge in [0.2, 0.25) is 5.28 Å². The zero-order chi connectivity index (χ0) is 12.3. The molecule has 0 amide bonds. The fraction of sp³-hybridized carbons (Fsp3) is 0.500. The van der Waals surface area contributed by atoms with Crippen molar-refractivity contribution in [1.82, 2.24) is 14.8 Å². The van der Waals surface area contributed by atoms with Crippen LogP contribution in [-0.4, -0.2) is 14.8 Å². The van der Waals surface area contributed by atoms with Gasteiger partial charge in [0, 0.05) is 23.8 Å². The lowest BCUT2D eigenvalue weighted by molar-refractivity contribution is 0.521. The predicted molar refractivity (Wildman–Crippen MR) is 71.8 cm³/mol. The molecule has 0 saturated carbocycles. The number of hydrogen-bond donors (Lipinski definition) is 0. The molecule has 5 heteroatoms. The van der Waals surface area contributed by atoms with Gasteiger partial charge in [-0.1, -0.05) is 13.0 Å². The molecule has 1 atom stereocenters. The lowest BCUT2D eigenvalue weighted by atomic mass is 10.2. The molecule has 0 fully saturated rings. The molecule has 2 aromatic heterocycles. The van der Waals surface area contributed by atoms with Crippen LogP contribution in [0.1, 0.15) is 37.0 Å². The molecule has 2 heterocycles. The molecule has 92 valence electrons. The highest BCUT2D eigenvalue weighted by Gasteiger charge is 2.16. The second kappa shape index (κ2) is 5.65. The Bertz CT molecular complexity index is 464. The SMILES string of the molecule is CCCc1nnc(Cl)n1C(C)Cc1cccs1. The van der Waals surface area contributed by atoms with Gasteiger partial charge in [-0.15, -0.1) is 21.5 Å². The van der Waals surface area contributed by atoms with Gasteiger partial charge in [-0.05, 0) is 36.4 Å². The third-order valence-corrected chi connectivity index (χ3v) is 3.87. The maximum Gasteiger partial charge on any atom is 0.225 e. The number of halogens is 1. The molecule has 0 spiro atoms. The third kappa shape index (κ3) is 2.87. The van der Waals surface area contributed by atoms with Gasteiger partial charge in [0.05, 0.1) is 0 Å². The van der Waals surface area contributed by atoms with Crippen LogP contribution in [0.5, 0.6) is 0 Å². The summed E-state index contributed by atoms with van der Waals surface area (Å²) >= 11 is 7.88. The standard InChI is InChI=1S/C12H16ClN3S/c1-3-5-11-14-15-12(13)16(11)9(2)8-10-6-4-7-17-10/h4,6-7,9H,3,5,8H2,1-2H3. The van der Waals surface area contributed by atoms with Gasteiger partial charge in [0.1, 0.15) is 5.82 Å². The molecular formula is C12H16ClN3S. The second-order valence-corrected chi connectivity index (χ2v) is 5.51. The van der Waals surface area contributed by atoms with Crippen LogP contribution in [0.3, 0.4) is 0 Å². The van der Waals surface area contributed by atoms with Crippen molar-refractivity contribution in [3.8, 4) is 0 Å². The first-order valence-electron chi connectivity index (χ1n) is 5.84. The third-order valence-electron chi connectivity index (χ3n) is 2.72. The van der Waals surface area contributed by atoms with Crippen molar-refractivity contribution in [2.24, 2.45) is 0 Å². The zero-order valence-corrected chi connectivity index (χ0v) is 11.6. The summed E-state index contributed by atoms with van der Waals surface area (Å²) < 4.78 is 2.05. The highest BCUT2D eigenvalue weighted by atomic mass is 35.5. The molecule has 3 nitrogen and oxygen atoms in total. The average molecular weight is 270 g/mol. The lowest BCUT2D eigenvalue weighted by Crippen LogP contribution is -2.11. The minimum atomic E-state index is 0.303. The van der Waals surface area contributed by atoms with Crippen LogP contribution >= 0.6 is 22.9 Å². The Morgan fingerprint density at radius 2 is 2.29 bits per heavy atom. The van der Waals surface area contributed by atoms with Gasteiger partial charge in [-0.3, -0.25) is 4.57 Å². The molecule has 0 aliphatic rings. The number of hydrogen-bond acceptors (Lipinski definition) is 3. The van der Waals surface area contributed by atoms with Gasteiger partial charge in [0.25, 0.3) is 0 Å². The summed E-state index contributed by atoms with van der Waals surface area (Å²) in [4.78, 5) is 1.37. The Balaban J connectivity index is 2.17. The number of aryl methyl sites for hydroxylation is 1. The Morgan fingerprint density at radius 1 is 1.47 bits per heavy atom. The Morgan fingerprint density at radius 3 is 2.94 bits per heavy atom. The van der Waals surface area contributed by atoms with Crippen molar-refractivity contribution in [2.45, 2.75) is 39.2 Å². The molecule has 0 N–H and O–H groups in total. The van der Waals surface area contributed by atoms with E-state index in [1.807, 2.05) is 4.57 Å². The molecular weight excluding hydrogens is 254 g/mol. The second-order valence-electron chi connectivity index (χ2n) is 4.14. The summed E-state index contributed by atoms with van der Waals surface area (Å²) in [7, 11) is 0. The van der Waals surface area contributed by atoms with E-state index in [-0.39, 0.29) is 0 Å². The first-order valence-corrected chi connectivity index (χ1v) is 7.09. The smallest absolute Gasteiger partial charge is 0.225 e. The van der Waals surface area contributed by atoms with E-state index >= 15 is 0 Å². The molecule has 0 radical (unpaired) electrons. The highest BCUT2D eigenvalue weighted by Crippen LogP contribution is 2.23. The van der Waals surface area contributed by atoms with Crippen molar-refractivity contribution in [2.75, 3.05) is 0 Å². The summed E-state index contributed by atoms with van der Waals surface area (Å²) in [6, 6.07) is 4.53. The minimum Gasteiger partial charge on any atom is -0.299 e. The minimum absolute atomic E-state index is 0.303. The summed E-state index contributed by atoms with van der Waals surface area (Å²) in [6.07, 6.45) is 2.96. The molecule has 1 unspecified atom stereocenters. The molecule has 0 saturated heterocycles. The van der Waals surface area contributed by atoms with E-state index in [2.05, 4.69) is 41.6 Å². The molecule has 0 bridgehead atoms. The van der Waals surface area contributed by atoms with Gasteiger partial charge in [-0.2, -0.15) is 0 Å². The van der Waals surface area contributed by atoms with E-state index in [0.717, 1.165) is 25.1 Å². The van der Waals surface area contributed by atoms with Crippen LogP contribution in [0.4, 0.5) is 0 Å². The van der Waals surface area contributed by atoms with E-state index in [0.29, 0.717) is 11.3 Å². The lowest BCUT2D eigenvalue weighted by Gasteiger charge is -2.15. The van der Waals surface area contributed by atoms with Crippen LogP contribution in [-0.2, 0) is 12.8 Å². The molecule has 17 heavy (non-hydrogen) atoms. The number of nitrogens with zero attached hydrogens (tertiary/aromatic N) is 3. The van der Waals surface area contributed by atoms with Gasteiger partial charge < -0.3 is 0 Å². The molecule has 0 aliphatic heterocycles. The zero-order valence-electron chi connectivity index (χ0n) is 10.1. The Hall–Kier alpha value is -0.870. The van der Waals surface area contributed by atoms with Crippen LogP contribution in [0.25, 0.3) is 0 Å². The first-order chi connectivity index (χ1) is 8.22. The molecule has 2 aromatic rings. The molecule has 0 aliphatic carbocycles. The quantitative estimate of drug-likeness (QED) is 0.828. The van der Waals surface area contributed by atoms with E-state index in [1.54, 1.807) is 11.3 Å². The number of rotatable bonds is 5. The maximum absolute atomic E-state index is 6.11. The van der Waals surface area contributed by atoms with Crippen LogP contribution < -0.4 is 0 Å². The van der Waals surface area contributed by atoms with Crippen LogP contribution in [0.15, 0.2) is 17.5 Å². The van der Waals surface area contributed by atoms with E-state index in [9.17, 15) is 0 Å². The Kier molecular flexibility index (Phi) is 4.18. The van der Waals surface area contributed by atoms with Gasteiger partial charge >= 0.3 is 0 Å². The van der Waals surface area contributed by atoms with Crippen LogP contribution in [0.2, 0.25) is 5.28 Å². The van der Waals surface area contributed by atoms with E-state index in [4.69, 9.17) is 11.6 Å². The first kappa shape index (κ1) is 12.6. The van der Waals surface area contributed by atoms with Gasteiger partial charge in [0.15, 0.2) is 0 Å². The summed E-state index contributed by atoms with van der Waals surface area (Å²) in [5.41, 5.74) is 0. The topological polar surface area (TPSA) is 30.7 Å². The van der Waals surface area contributed by atoms with Crippen molar-refractivity contribution >= 4 is 22.9 Å². The highest BCUT2D eigenvalue weighted by molar-refractivity contribution is 7.09. The van der Waals surface area contributed by atoms with Crippen molar-refractivity contribution < 1.29 is 0 Å². The maximum atomic E-state index is 6.11. The Labute approximate surface area is 110 Å². The summed E-state index contributed by atoms with van der Waals surface area (Å²) in [5.74, 6) is 0.988. The molecule has 0 aromatic carbocycles. The van der Waals surface area contributed by atoms with E-state index < -0.39 is 0 Å². The predicted octanol–water partition coefficient (Wildman–Crippen LogP) is 3.75. The fourth-order valence-electron chi connectivity index (χ4n) is 1.94. The normalized spacial score (nSPS) is 12.9. The number of aromatic nitrogens is 3. The van der Waals surface area contributed by atoms with Crippen molar-refractivity contribution in [3.05, 3.63) is 33.5 Å². The summed E-state index contributed by atoms with van der Waals surface area (Å²) in [5, 5.41) is 10.7. The fourth-order valence-corrected chi connectivity index (χ4v) is 3.07. The van der Waals surface area contributed by atoms with Crippen molar-refractivity contribution in [1.29, 1.82) is 0 Å². The monoisotopic (exact) mass is 269 g/mol. The van der Waals surface area contributed by atoms with Crippen molar-refractivity contribution in [3.63, 3.8) is 0 Å². The average Bonchev–Trinajstić information content (AvgIpc) is 2.89. The summed E-state index contributed by atoms with van der Waals surface area (Å²) in [6.45, 7) is 4.30. The largest absolute Gasteiger partial charge is 0.299 e. The van der Waals surface area contributed by atoms with Crippen LogP contribution in [0, 0.1) is 0 Å².